The number of halogens is 4. The second-order valence-electron chi connectivity index (χ2n) is 8.97. The van der Waals surface area contributed by atoms with E-state index in [0.717, 1.165) is 12.1 Å². The van der Waals surface area contributed by atoms with Crippen molar-refractivity contribution in [3.63, 3.8) is 0 Å². The number of ether oxygens (including phenoxy) is 1. The lowest BCUT2D eigenvalue weighted by Crippen LogP contribution is -2.19. The molecule has 1 atom stereocenters. The Labute approximate surface area is 230 Å². The van der Waals surface area contributed by atoms with Crippen LogP contribution in [0.4, 0.5) is 29.2 Å². The maximum Gasteiger partial charge on any atom is 0.573 e. The normalized spacial score (nSPS) is 12.2. The molecule has 1 unspecified atom stereocenters. The van der Waals surface area contributed by atoms with Crippen LogP contribution in [-0.2, 0) is 0 Å². The lowest BCUT2D eigenvalue weighted by molar-refractivity contribution is -0.274. The zero-order chi connectivity index (χ0) is 29.3. The number of para-hydroxylation sites is 1. The summed E-state index contributed by atoms with van der Waals surface area (Å²) in [5.41, 5.74) is 6.61. The summed E-state index contributed by atoms with van der Waals surface area (Å²) in [6, 6.07) is 16.2. The van der Waals surface area contributed by atoms with Gasteiger partial charge in [0.2, 0.25) is 5.43 Å². The van der Waals surface area contributed by atoms with Crippen molar-refractivity contribution < 1.29 is 26.7 Å². The second kappa shape index (κ2) is 10.7. The number of hydrogen-bond acceptors (Lipinski definition) is 8. The number of aromatic nitrogens is 2. The van der Waals surface area contributed by atoms with Crippen molar-refractivity contribution in [3.05, 3.63) is 112 Å². The van der Waals surface area contributed by atoms with Gasteiger partial charge in [0.1, 0.15) is 40.9 Å². The van der Waals surface area contributed by atoms with Crippen molar-refractivity contribution in [2.45, 2.75) is 19.3 Å². The average Bonchev–Trinajstić information content (AvgIpc) is 2.92. The number of anilines is 2. The Morgan fingerprint density at radius 2 is 1.78 bits per heavy atom. The molecule has 0 amide bonds. The first-order chi connectivity index (χ1) is 19.5. The Balaban J connectivity index is 1.55. The third-order valence-corrected chi connectivity index (χ3v) is 6.19. The average molecular weight is 564 g/mol. The quantitative estimate of drug-likeness (QED) is 0.153. The summed E-state index contributed by atoms with van der Waals surface area (Å²) in [5.74, 6) is -0.767. The van der Waals surface area contributed by atoms with Gasteiger partial charge < -0.3 is 20.2 Å². The topological polar surface area (TPSA) is 127 Å². The highest BCUT2D eigenvalue weighted by Crippen LogP contribution is 2.33. The van der Waals surface area contributed by atoms with Gasteiger partial charge in [0.25, 0.3) is 0 Å². The highest BCUT2D eigenvalue weighted by Gasteiger charge is 2.31. The van der Waals surface area contributed by atoms with Crippen LogP contribution in [0.1, 0.15) is 29.9 Å². The molecule has 3 aromatic carbocycles. The lowest BCUT2D eigenvalue weighted by Gasteiger charge is -2.20. The number of rotatable bonds is 7. The zero-order valence-corrected chi connectivity index (χ0v) is 21.3. The van der Waals surface area contributed by atoms with Crippen molar-refractivity contribution in [2.75, 3.05) is 11.1 Å². The van der Waals surface area contributed by atoms with Crippen LogP contribution >= 0.6 is 0 Å². The molecule has 0 spiro atoms. The van der Waals surface area contributed by atoms with Crippen LogP contribution in [-0.4, -0.2) is 22.0 Å². The van der Waals surface area contributed by atoms with Gasteiger partial charge in [0.05, 0.1) is 28.3 Å². The molecule has 0 saturated carbocycles. The van der Waals surface area contributed by atoms with E-state index in [2.05, 4.69) is 20.0 Å². The number of benzene rings is 3. The van der Waals surface area contributed by atoms with Gasteiger partial charge in [-0.2, -0.15) is 0 Å². The minimum atomic E-state index is -4.86. The number of nitrogens with one attached hydrogen (secondary N) is 2. The zero-order valence-electron chi connectivity index (χ0n) is 21.3. The Hall–Kier alpha value is -5.26. The summed E-state index contributed by atoms with van der Waals surface area (Å²) < 4.78 is 61.9. The Morgan fingerprint density at radius 3 is 2.49 bits per heavy atom. The van der Waals surface area contributed by atoms with E-state index in [1.54, 1.807) is 37.3 Å². The molecule has 0 aliphatic rings. The molecule has 4 N–H and O–H groups in total. The fourth-order valence-electron chi connectivity index (χ4n) is 4.37. The molecule has 0 aliphatic carbocycles. The first kappa shape index (κ1) is 27.3. The molecule has 5 rings (SSSR count). The van der Waals surface area contributed by atoms with Crippen LogP contribution in [0.2, 0.25) is 0 Å². The van der Waals surface area contributed by atoms with Crippen LogP contribution < -0.4 is 21.2 Å². The van der Waals surface area contributed by atoms with Gasteiger partial charge >= 0.3 is 6.36 Å². The third kappa shape index (κ3) is 5.71. The standard InChI is InChI=1S/C29H21F4N5O3/c1-15(26-22(17-5-4-6-18(30)13-17)25(39)20-7-2-3-8-21(20)40-26)38-28-23(27(35)36-14-37-28)24(34)16-9-11-19(12-10-16)41-29(31,32)33/h2-15,34H,1H3,(H3,35,36,37,38). The van der Waals surface area contributed by atoms with E-state index in [-0.39, 0.29) is 45.2 Å². The molecule has 0 bridgehead atoms. The SMILES string of the molecule is CC(Nc1ncnc(N)c1C(=N)c1ccc(OC(F)(F)F)cc1)c1oc2ccccc2c(=O)c1-c1cccc(F)c1. The fraction of sp³-hybridized carbons (Fsp3) is 0.103. The second-order valence-corrected chi connectivity index (χ2v) is 8.97. The smallest absolute Gasteiger partial charge is 0.458 e. The Bertz CT molecular complexity index is 1820. The molecule has 8 nitrogen and oxygen atoms in total. The van der Waals surface area contributed by atoms with E-state index >= 15 is 0 Å². The molecule has 208 valence electrons. The van der Waals surface area contributed by atoms with Gasteiger partial charge in [-0.05, 0) is 61.0 Å². The van der Waals surface area contributed by atoms with Crippen molar-refractivity contribution in [1.82, 2.24) is 9.97 Å². The summed E-state index contributed by atoms with van der Waals surface area (Å²) in [6.45, 7) is 1.69. The van der Waals surface area contributed by atoms with Gasteiger partial charge in [-0.3, -0.25) is 10.2 Å². The molecular formula is C29H21F4N5O3. The van der Waals surface area contributed by atoms with Crippen molar-refractivity contribution in [2.24, 2.45) is 0 Å². The molecule has 5 aromatic rings. The molecule has 0 radical (unpaired) electrons. The molecule has 0 aliphatic heterocycles. The summed E-state index contributed by atoms with van der Waals surface area (Å²) in [5, 5.41) is 12.1. The van der Waals surface area contributed by atoms with Crippen molar-refractivity contribution >= 4 is 28.3 Å². The first-order valence-corrected chi connectivity index (χ1v) is 12.2. The number of fused-ring (bicyclic) bond motifs is 1. The number of nitrogens with zero attached hydrogens (tertiary/aromatic N) is 2. The van der Waals surface area contributed by atoms with Gasteiger partial charge in [0.15, 0.2) is 0 Å². The van der Waals surface area contributed by atoms with E-state index in [9.17, 15) is 22.4 Å². The number of hydrogen-bond donors (Lipinski definition) is 3. The Kier molecular flexibility index (Phi) is 7.14. The van der Waals surface area contributed by atoms with Crippen LogP contribution in [0.3, 0.4) is 0 Å². The van der Waals surface area contributed by atoms with Gasteiger partial charge in [0, 0.05) is 5.56 Å². The first-order valence-electron chi connectivity index (χ1n) is 12.2. The maximum absolute atomic E-state index is 14.2. The van der Waals surface area contributed by atoms with E-state index in [1.165, 1.54) is 36.7 Å². The lowest BCUT2D eigenvalue weighted by atomic mass is 9.98. The van der Waals surface area contributed by atoms with Gasteiger partial charge in [-0.15, -0.1) is 13.2 Å². The molecular weight excluding hydrogens is 542 g/mol. The highest BCUT2D eigenvalue weighted by molar-refractivity contribution is 6.16. The largest absolute Gasteiger partial charge is 0.573 e. The molecule has 12 heteroatoms. The number of nitrogen functional groups attached to an aromatic ring is 1. The monoisotopic (exact) mass is 563 g/mol. The van der Waals surface area contributed by atoms with E-state index in [0.29, 0.717) is 16.5 Å². The number of nitrogens with two attached hydrogens (primary N) is 1. The van der Waals surface area contributed by atoms with Gasteiger partial charge in [-0.1, -0.05) is 24.3 Å². The number of alkyl halides is 3. The van der Waals surface area contributed by atoms with E-state index in [4.69, 9.17) is 15.6 Å². The van der Waals surface area contributed by atoms with E-state index in [1.807, 2.05) is 0 Å². The van der Waals surface area contributed by atoms with Crippen LogP contribution in [0, 0.1) is 11.2 Å². The van der Waals surface area contributed by atoms with E-state index < -0.39 is 24.0 Å². The predicted octanol–water partition coefficient (Wildman–Crippen LogP) is 6.46. The predicted molar refractivity (Wildman–Crippen MR) is 145 cm³/mol. The molecule has 0 saturated heterocycles. The summed E-state index contributed by atoms with van der Waals surface area (Å²) in [4.78, 5) is 21.8. The van der Waals surface area contributed by atoms with Gasteiger partial charge in [-0.25, -0.2) is 14.4 Å². The third-order valence-electron chi connectivity index (χ3n) is 6.19. The van der Waals surface area contributed by atoms with Crippen molar-refractivity contribution in [3.8, 4) is 16.9 Å². The summed E-state index contributed by atoms with van der Waals surface area (Å²) >= 11 is 0. The van der Waals surface area contributed by atoms with Crippen LogP contribution in [0.15, 0.2) is 88.3 Å². The minimum Gasteiger partial charge on any atom is -0.458 e. The highest BCUT2D eigenvalue weighted by atomic mass is 19.4. The van der Waals surface area contributed by atoms with Crippen molar-refractivity contribution in [1.29, 1.82) is 5.41 Å². The minimum absolute atomic E-state index is 0.0688. The fourth-order valence-corrected chi connectivity index (χ4v) is 4.37. The molecule has 2 aromatic heterocycles. The summed E-state index contributed by atoms with van der Waals surface area (Å²) in [6.07, 6.45) is -3.69. The Morgan fingerprint density at radius 1 is 1.05 bits per heavy atom. The molecule has 0 fully saturated rings. The van der Waals surface area contributed by atoms with Crippen LogP contribution in [0.5, 0.6) is 5.75 Å². The van der Waals surface area contributed by atoms with Crippen LogP contribution in [0.25, 0.3) is 22.1 Å². The molecule has 41 heavy (non-hydrogen) atoms. The summed E-state index contributed by atoms with van der Waals surface area (Å²) in [7, 11) is 0. The molecule has 2 heterocycles. The maximum atomic E-state index is 14.2.